The SMILES string of the molecule is CC1(C)[C@H](C(=O)N[C@H](O)C(Cl)(Cl)Cl)[C@@H]1C=C(Cl)Cl. The summed E-state index contributed by atoms with van der Waals surface area (Å²) >= 11 is 27.5. The quantitative estimate of drug-likeness (QED) is 0.602. The van der Waals surface area contributed by atoms with E-state index >= 15 is 0 Å². The van der Waals surface area contributed by atoms with Crippen LogP contribution in [0.25, 0.3) is 0 Å². The van der Waals surface area contributed by atoms with Gasteiger partial charge in [-0.2, -0.15) is 0 Å². The number of alkyl halides is 3. The molecule has 1 amide bonds. The second kappa shape index (κ2) is 5.55. The molecular formula is C10H12Cl5NO2. The molecule has 0 unspecified atom stereocenters. The Morgan fingerprint density at radius 1 is 1.39 bits per heavy atom. The second-order valence-electron chi connectivity index (χ2n) is 4.73. The van der Waals surface area contributed by atoms with E-state index in [2.05, 4.69) is 5.32 Å². The molecule has 104 valence electrons. The fourth-order valence-corrected chi connectivity index (χ4v) is 2.37. The molecule has 18 heavy (non-hydrogen) atoms. The molecule has 0 aromatic heterocycles. The molecule has 3 atom stereocenters. The Balaban J connectivity index is 2.68. The summed E-state index contributed by atoms with van der Waals surface area (Å²) in [4.78, 5) is 11.9. The summed E-state index contributed by atoms with van der Waals surface area (Å²) in [5.41, 5.74) is -0.299. The highest BCUT2D eigenvalue weighted by atomic mass is 35.6. The number of hydrogen-bond donors (Lipinski definition) is 2. The third-order valence-electron chi connectivity index (χ3n) is 3.09. The molecule has 1 aliphatic rings. The molecule has 0 aliphatic heterocycles. The van der Waals surface area contributed by atoms with Crippen molar-refractivity contribution in [2.75, 3.05) is 0 Å². The largest absolute Gasteiger partial charge is 0.369 e. The summed E-state index contributed by atoms with van der Waals surface area (Å²) in [5, 5.41) is 11.7. The Kier molecular flexibility index (Phi) is 5.14. The number of rotatable bonds is 3. The van der Waals surface area contributed by atoms with E-state index in [1.807, 2.05) is 13.8 Å². The van der Waals surface area contributed by atoms with Gasteiger partial charge >= 0.3 is 0 Å². The van der Waals surface area contributed by atoms with Crippen molar-refractivity contribution in [2.24, 2.45) is 17.3 Å². The van der Waals surface area contributed by atoms with Gasteiger partial charge in [0.05, 0.1) is 5.92 Å². The second-order valence-corrected chi connectivity index (χ2v) is 8.11. The molecule has 3 nitrogen and oxygen atoms in total. The minimum atomic E-state index is -1.97. The fraction of sp³-hybridized carbons (Fsp3) is 0.700. The number of carbonyl (C=O) groups excluding carboxylic acids is 1. The van der Waals surface area contributed by atoms with Crippen LogP contribution in [0.4, 0.5) is 0 Å². The summed E-state index contributed by atoms with van der Waals surface area (Å²) in [6.45, 7) is 3.77. The average Bonchev–Trinajstić information content (AvgIpc) is 2.64. The first kappa shape index (κ1) is 16.7. The first-order valence-electron chi connectivity index (χ1n) is 5.06. The van der Waals surface area contributed by atoms with Gasteiger partial charge < -0.3 is 10.4 Å². The van der Waals surface area contributed by atoms with E-state index in [1.165, 1.54) is 0 Å². The molecule has 0 saturated heterocycles. The maximum Gasteiger partial charge on any atom is 0.234 e. The van der Waals surface area contributed by atoms with Crippen molar-refractivity contribution in [1.82, 2.24) is 5.32 Å². The zero-order valence-electron chi connectivity index (χ0n) is 9.55. The Morgan fingerprint density at radius 2 is 1.89 bits per heavy atom. The molecule has 1 aliphatic carbocycles. The maximum atomic E-state index is 11.9. The van der Waals surface area contributed by atoms with E-state index in [9.17, 15) is 9.90 Å². The van der Waals surface area contributed by atoms with Gasteiger partial charge in [0.25, 0.3) is 0 Å². The zero-order valence-corrected chi connectivity index (χ0v) is 13.3. The van der Waals surface area contributed by atoms with Crippen LogP contribution in [0.15, 0.2) is 10.6 Å². The summed E-state index contributed by atoms with van der Waals surface area (Å²) in [6.07, 6.45) is 0.0252. The summed E-state index contributed by atoms with van der Waals surface area (Å²) in [5.74, 6) is -0.883. The molecule has 2 N–H and O–H groups in total. The van der Waals surface area contributed by atoms with E-state index in [0.717, 1.165) is 0 Å². The van der Waals surface area contributed by atoms with E-state index in [4.69, 9.17) is 58.0 Å². The van der Waals surface area contributed by atoms with Crippen molar-refractivity contribution in [3.63, 3.8) is 0 Å². The molecule has 0 spiro atoms. The number of allylic oxidation sites excluding steroid dienone is 1. The third-order valence-corrected chi connectivity index (χ3v) is 3.96. The monoisotopic (exact) mass is 353 g/mol. The molecule has 0 radical (unpaired) electrons. The Hall–Kier alpha value is 0.620. The minimum Gasteiger partial charge on any atom is -0.369 e. The van der Waals surface area contributed by atoms with Crippen LogP contribution >= 0.6 is 58.0 Å². The summed E-state index contributed by atoms with van der Waals surface area (Å²) in [7, 11) is 0. The predicted molar refractivity (Wildman–Crippen MR) is 75.0 cm³/mol. The van der Waals surface area contributed by atoms with Gasteiger partial charge in [0.1, 0.15) is 4.49 Å². The Morgan fingerprint density at radius 3 is 2.28 bits per heavy atom. The van der Waals surface area contributed by atoms with Crippen molar-refractivity contribution >= 4 is 63.9 Å². The lowest BCUT2D eigenvalue weighted by Gasteiger charge is -2.20. The van der Waals surface area contributed by atoms with Crippen molar-refractivity contribution in [1.29, 1.82) is 0 Å². The van der Waals surface area contributed by atoms with Crippen molar-refractivity contribution in [2.45, 2.75) is 23.9 Å². The van der Waals surface area contributed by atoms with Gasteiger partial charge in [-0.25, -0.2) is 0 Å². The van der Waals surface area contributed by atoms with Gasteiger partial charge in [-0.3, -0.25) is 4.79 Å². The van der Waals surface area contributed by atoms with Crippen molar-refractivity contribution < 1.29 is 9.90 Å². The Labute approximate surface area is 130 Å². The lowest BCUT2D eigenvalue weighted by Crippen LogP contribution is -2.44. The fourth-order valence-electron chi connectivity index (χ4n) is 1.93. The molecule has 0 aromatic carbocycles. The molecule has 1 saturated carbocycles. The van der Waals surface area contributed by atoms with Gasteiger partial charge in [0.2, 0.25) is 9.70 Å². The number of carbonyl (C=O) groups is 1. The summed E-state index contributed by atoms with van der Waals surface area (Å²) in [6, 6.07) is 0. The van der Waals surface area contributed by atoms with Gasteiger partial charge in [0, 0.05) is 0 Å². The van der Waals surface area contributed by atoms with Crippen LogP contribution in [0.5, 0.6) is 0 Å². The number of hydrogen-bond acceptors (Lipinski definition) is 2. The number of aliphatic hydroxyl groups is 1. The van der Waals surface area contributed by atoms with Crippen molar-refractivity contribution in [3.8, 4) is 0 Å². The highest BCUT2D eigenvalue weighted by Gasteiger charge is 2.61. The minimum absolute atomic E-state index is 0.102. The number of halogens is 5. The van der Waals surface area contributed by atoms with Gasteiger partial charge in [-0.05, 0) is 17.4 Å². The van der Waals surface area contributed by atoms with Crippen LogP contribution in [0.3, 0.4) is 0 Å². The van der Waals surface area contributed by atoms with Gasteiger partial charge in [-0.15, -0.1) is 0 Å². The lowest BCUT2D eigenvalue weighted by atomic mass is 10.1. The van der Waals surface area contributed by atoms with Crippen LogP contribution in [0.2, 0.25) is 0 Å². The van der Waals surface area contributed by atoms with Crippen LogP contribution in [-0.4, -0.2) is 21.0 Å². The number of nitrogens with one attached hydrogen (secondary N) is 1. The van der Waals surface area contributed by atoms with E-state index in [-0.39, 0.29) is 21.7 Å². The topological polar surface area (TPSA) is 49.3 Å². The normalized spacial score (nSPS) is 27.3. The van der Waals surface area contributed by atoms with Crippen LogP contribution in [-0.2, 0) is 4.79 Å². The van der Waals surface area contributed by atoms with E-state index < -0.39 is 15.9 Å². The maximum absolute atomic E-state index is 11.9. The third kappa shape index (κ3) is 3.81. The highest BCUT2D eigenvalue weighted by Crippen LogP contribution is 2.59. The molecule has 0 aromatic rings. The molecule has 1 fully saturated rings. The first-order valence-corrected chi connectivity index (χ1v) is 6.95. The summed E-state index contributed by atoms with van der Waals surface area (Å²) < 4.78 is -1.87. The average molecular weight is 355 g/mol. The van der Waals surface area contributed by atoms with E-state index in [1.54, 1.807) is 6.08 Å². The molecular weight excluding hydrogens is 343 g/mol. The Bertz CT molecular complexity index is 373. The first-order chi connectivity index (χ1) is 7.98. The molecule has 1 rings (SSSR count). The number of aliphatic hydroxyl groups excluding tert-OH is 1. The highest BCUT2D eigenvalue weighted by molar-refractivity contribution is 6.68. The zero-order chi connectivity index (χ0) is 14.3. The molecule has 8 heteroatoms. The number of amides is 1. The van der Waals surface area contributed by atoms with Crippen LogP contribution in [0, 0.1) is 17.3 Å². The van der Waals surface area contributed by atoms with Gasteiger partial charge in [-0.1, -0.05) is 71.9 Å². The van der Waals surface area contributed by atoms with Crippen molar-refractivity contribution in [3.05, 3.63) is 10.6 Å². The standard InChI is InChI=1S/C10H12Cl5NO2/c1-9(2)4(3-5(11)12)6(9)7(17)16-8(18)10(13,14)15/h3-4,6,8,18H,1-2H3,(H,16,17)/t4-,6-,8+/m0/s1. The predicted octanol–water partition coefficient (Wildman–Crippen LogP) is 3.38. The molecule has 0 heterocycles. The molecule has 0 bridgehead atoms. The van der Waals surface area contributed by atoms with Gasteiger partial charge in [0.15, 0.2) is 6.23 Å². The van der Waals surface area contributed by atoms with E-state index in [0.29, 0.717) is 0 Å². The van der Waals surface area contributed by atoms with Crippen LogP contribution in [0.1, 0.15) is 13.8 Å². The lowest BCUT2D eigenvalue weighted by molar-refractivity contribution is -0.126. The van der Waals surface area contributed by atoms with Crippen LogP contribution < -0.4 is 5.32 Å². The smallest absolute Gasteiger partial charge is 0.234 e.